The van der Waals surface area contributed by atoms with E-state index in [1.165, 1.54) is 19.3 Å². The summed E-state index contributed by atoms with van der Waals surface area (Å²) in [5, 5.41) is 12.9. The Hall–Kier alpha value is -0.290. The first-order valence-corrected chi connectivity index (χ1v) is 8.18. The number of hydrogen-bond acceptors (Lipinski definition) is 4. The van der Waals surface area contributed by atoms with Gasteiger partial charge in [-0.3, -0.25) is 0 Å². The zero-order valence-corrected chi connectivity index (χ0v) is 13.0. The van der Waals surface area contributed by atoms with Crippen molar-refractivity contribution >= 4 is 34.0 Å². The summed E-state index contributed by atoms with van der Waals surface area (Å²) in [5.41, 5.74) is 0.925. The lowest BCUT2D eigenvalue weighted by atomic mass is 9.99. The average Bonchev–Trinajstić information content (AvgIpc) is 2.34. The van der Waals surface area contributed by atoms with Crippen molar-refractivity contribution in [3.8, 4) is 0 Å². The Morgan fingerprint density at radius 3 is 2.61 bits per heavy atom. The standard InChI is InChI=1S/C13H24N2OS2/c1-3-15(4-2)13(17)18-12-10-8-6-5-7-9-11(12)14-16/h12,16H,3-10H2,1-2H3/b14-11-/t12-/m0/s1. The molecule has 0 radical (unpaired) electrons. The molecular formula is C13H24N2OS2. The Morgan fingerprint density at radius 1 is 1.33 bits per heavy atom. The van der Waals surface area contributed by atoms with E-state index in [4.69, 9.17) is 17.4 Å². The van der Waals surface area contributed by atoms with Crippen LogP contribution >= 0.6 is 24.0 Å². The molecule has 0 aromatic heterocycles. The minimum Gasteiger partial charge on any atom is -0.411 e. The van der Waals surface area contributed by atoms with Gasteiger partial charge < -0.3 is 10.1 Å². The number of nitrogens with zero attached hydrogens (tertiary/aromatic N) is 2. The molecule has 18 heavy (non-hydrogen) atoms. The van der Waals surface area contributed by atoms with E-state index in [9.17, 15) is 0 Å². The average molecular weight is 288 g/mol. The van der Waals surface area contributed by atoms with E-state index in [0.29, 0.717) is 0 Å². The van der Waals surface area contributed by atoms with Crippen LogP contribution in [0.1, 0.15) is 52.4 Å². The van der Waals surface area contributed by atoms with Crippen molar-refractivity contribution in [2.75, 3.05) is 13.1 Å². The fourth-order valence-electron chi connectivity index (χ4n) is 2.24. The second-order valence-corrected chi connectivity index (χ2v) is 6.43. The Balaban J connectivity index is 2.62. The summed E-state index contributed by atoms with van der Waals surface area (Å²) in [7, 11) is 0. The summed E-state index contributed by atoms with van der Waals surface area (Å²) >= 11 is 7.19. The number of oxime groups is 1. The molecule has 5 heteroatoms. The van der Waals surface area contributed by atoms with E-state index >= 15 is 0 Å². The highest BCUT2D eigenvalue weighted by atomic mass is 32.2. The van der Waals surface area contributed by atoms with Crippen LogP contribution in [-0.4, -0.2) is 38.5 Å². The van der Waals surface area contributed by atoms with Gasteiger partial charge in [-0.05, 0) is 33.1 Å². The topological polar surface area (TPSA) is 35.8 Å². The molecule has 0 heterocycles. The molecule has 1 N–H and O–H groups in total. The number of hydrogen-bond donors (Lipinski definition) is 1. The Morgan fingerprint density at radius 2 is 2.00 bits per heavy atom. The molecule has 0 unspecified atom stereocenters. The molecule has 3 nitrogen and oxygen atoms in total. The zero-order valence-electron chi connectivity index (χ0n) is 11.4. The number of rotatable bonds is 3. The van der Waals surface area contributed by atoms with Gasteiger partial charge >= 0.3 is 0 Å². The minimum absolute atomic E-state index is 0.267. The normalized spacial score (nSPS) is 23.4. The maximum absolute atomic E-state index is 9.16. The molecule has 1 rings (SSSR count). The molecule has 0 aromatic rings. The van der Waals surface area contributed by atoms with Crippen LogP contribution < -0.4 is 0 Å². The van der Waals surface area contributed by atoms with E-state index in [0.717, 1.165) is 42.4 Å². The predicted octanol–water partition coefficient (Wildman–Crippen LogP) is 3.90. The van der Waals surface area contributed by atoms with Gasteiger partial charge in [0.05, 0.1) is 11.0 Å². The highest BCUT2D eigenvalue weighted by molar-refractivity contribution is 8.23. The van der Waals surface area contributed by atoms with Gasteiger partial charge in [0.2, 0.25) is 0 Å². The second kappa shape index (κ2) is 8.75. The molecule has 1 saturated carbocycles. The summed E-state index contributed by atoms with van der Waals surface area (Å²) in [6, 6.07) is 0. The van der Waals surface area contributed by atoms with E-state index in [1.54, 1.807) is 11.8 Å². The van der Waals surface area contributed by atoms with E-state index in [2.05, 4.69) is 23.9 Å². The molecule has 0 aliphatic heterocycles. The maximum atomic E-state index is 9.16. The van der Waals surface area contributed by atoms with Crippen LogP contribution in [0.4, 0.5) is 0 Å². The maximum Gasteiger partial charge on any atom is 0.136 e. The highest BCUT2D eigenvalue weighted by Crippen LogP contribution is 2.27. The first-order chi connectivity index (χ1) is 8.72. The lowest BCUT2D eigenvalue weighted by Gasteiger charge is -2.26. The van der Waals surface area contributed by atoms with Gasteiger partial charge in [-0.15, -0.1) is 0 Å². The molecule has 0 amide bonds. The van der Waals surface area contributed by atoms with Gasteiger partial charge in [0.15, 0.2) is 0 Å². The molecule has 0 saturated heterocycles. The summed E-state index contributed by atoms with van der Waals surface area (Å²) in [5.74, 6) is 0. The van der Waals surface area contributed by atoms with Gasteiger partial charge in [-0.25, -0.2) is 0 Å². The van der Waals surface area contributed by atoms with Gasteiger partial charge in [0, 0.05) is 13.1 Å². The number of thiocarbonyl (C=S) groups is 1. The first kappa shape index (κ1) is 15.8. The summed E-state index contributed by atoms with van der Waals surface area (Å²) in [4.78, 5) is 2.19. The van der Waals surface area contributed by atoms with Crippen molar-refractivity contribution in [1.29, 1.82) is 0 Å². The smallest absolute Gasteiger partial charge is 0.136 e. The van der Waals surface area contributed by atoms with Gasteiger partial charge in [0.25, 0.3) is 0 Å². The molecule has 1 aliphatic carbocycles. The quantitative estimate of drug-likeness (QED) is 0.485. The fraction of sp³-hybridized carbons (Fsp3) is 0.846. The van der Waals surface area contributed by atoms with Crippen LogP contribution in [0.2, 0.25) is 0 Å². The van der Waals surface area contributed by atoms with Crippen molar-refractivity contribution in [1.82, 2.24) is 4.90 Å². The number of thioether (sulfide) groups is 1. The minimum atomic E-state index is 0.267. The van der Waals surface area contributed by atoms with Crippen LogP contribution in [0.5, 0.6) is 0 Å². The van der Waals surface area contributed by atoms with Crippen LogP contribution in [0.3, 0.4) is 0 Å². The monoisotopic (exact) mass is 288 g/mol. The van der Waals surface area contributed by atoms with Gasteiger partial charge in [0.1, 0.15) is 4.32 Å². The molecule has 1 atom stereocenters. The van der Waals surface area contributed by atoms with Crippen molar-refractivity contribution < 1.29 is 5.21 Å². The third-order valence-electron chi connectivity index (χ3n) is 3.41. The van der Waals surface area contributed by atoms with Crippen LogP contribution in [-0.2, 0) is 0 Å². The van der Waals surface area contributed by atoms with Crippen molar-refractivity contribution in [3.63, 3.8) is 0 Å². The van der Waals surface area contributed by atoms with E-state index in [1.807, 2.05) is 0 Å². The van der Waals surface area contributed by atoms with Crippen LogP contribution in [0, 0.1) is 0 Å². The lowest BCUT2D eigenvalue weighted by molar-refractivity contribution is 0.315. The Kier molecular flexibility index (Phi) is 7.66. The molecule has 1 fully saturated rings. The SMILES string of the molecule is CCN(CC)C(=S)S[C@H]1CCCCCC/C1=N/O. The Bertz CT molecular complexity index is 291. The van der Waals surface area contributed by atoms with Crippen LogP contribution in [0.15, 0.2) is 5.16 Å². The summed E-state index contributed by atoms with van der Waals surface area (Å²) in [6.45, 7) is 6.13. The molecule has 104 valence electrons. The predicted molar refractivity (Wildman–Crippen MR) is 83.8 cm³/mol. The molecule has 1 aliphatic rings. The zero-order chi connectivity index (χ0) is 13.4. The Labute approximate surface area is 120 Å². The molecule has 0 aromatic carbocycles. The molecule has 0 spiro atoms. The van der Waals surface area contributed by atoms with Gasteiger partial charge in [-0.1, -0.05) is 48.4 Å². The summed E-state index contributed by atoms with van der Waals surface area (Å²) in [6.07, 6.45) is 6.86. The lowest BCUT2D eigenvalue weighted by Crippen LogP contribution is -2.30. The van der Waals surface area contributed by atoms with Crippen molar-refractivity contribution in [2.45, 2.75) is 57.6 Å². The molecular weight excluding hydrogens is 264 g/mol. The first-order valence-electron chi connectivity index (χ1n) is 6.89. The summed E-state index contributed by atoms with van der Waals surface area (Å²) < 4.78 is 0.937. The highest BCUT2D eigenvalue weighted by Gasteiger charge is 2.22. The fourth-order valence-corrected chi connectivity index (χ4v) is 4.08. The third-order valence-corrected chi connectivity index (χ3v) is 5.21. The molecule has 0 bridgehead atoms. The van der Waals surface area contributed by atoms with Crippen LogP contribution in [0.25, 0.3) is 0 Å². The second-order valence-electron chi connectivity index (χ2n) is 4.59. The van der Waals surface area contributed by atoms with Gasteiger partial charge in [-0.2, -0.15) is 0 Å². The third kappa shape index (κ3) is 4.76. The van der Waals surface area contributed by atoms with E-state index in [-0.39, 0.29) is 5.25 Å². The van der Waals surface area contributed by atoms with Crippen molar-refractivity contribution in [2.24, 2.45) is 5.16 Å². The van der Waals surface area contributed by atoms with E-state index < -0.39 is 0 Å². The van der Waals surface area contributed by atoms with Crippen molar-refractivity contribution in [3.05, 3.63) is 0 Å². The largest absolute Gasteiger partial charge is 0.411 e.